The molecule has 0 bridgehead atoms. The summed E-state index contributed by atoms with van der Waals surface area (Å²) in [5.74, 6) is -3.84. The molecule has 0 atom stereocenters. The molecule has 0 amide bonds. The summed E-state index contributed by atoms with van der Waals surface area (Å²) >= 11 is 2.99. The van der Waals surface area contributed by atoms with Crippen molar-refractivity contribution in [3.05, 3.63) is 289 Å². The summed E-state index contributed by atoms with van der Waals surface area (Å²) < 4.78 is 58.2. The summed E-state index contributed by atoms with van der Waals surface area (Å²) in [5, 5.41) is 69.3. The number of aromatic nitrogens is 9. The van der Waals surface area contributed by atoms with Crippen molar-refractivity contribution in [3.8, 4) is 0 Å². The van der Waals surface area contributed by atoms with Crippen LogP contribution < -0.4 is 44.8 Å². The number of fused-ring (bicyclic) bond motifs is 2. The Hall–Kier alpha value is -15.1. The number of aryl methyl sites for hydroxylation is 6. The maximum absolute atomic E-state index is 14.2. The van der Waals surface area contributed by atoms with Crippen molar-refractivity contribution in [2.45, 2.75) is 214 Å². The molecule has 43 nitrogen and oxygen atoms in total. The molecule has 2 aliphatic heterocycles. The number of carboxylic acids is 2. The second kappa shape index (κ2) is 50.0. The van der Waals surface area contributed by atoms with Crippen LogP contribution in [0.4, 0.5) is 64.4 Å². The van der Waals surface area contributed by atoms with Crippen molar-refractivity contribution in [1.82, 2.24) is 42.8 Å². The number of aliphatic carboxylic acids is 2. The number of anilines is 2. The summed E-state index contributed by atoms with van der Waals surface area (Å²) in [6.45, 7) is 32.8. The molecule has 0 saturated carbocycles. The van der Waals surface area contributed by atoms with Gasteiger partial charge in [0.1, 0.15) is 47.1 Å². The molecule has 47 heteroatoms. The molecular weight excluding hydrogens is 1850 g/mol. The van der Waals surface area contributed by atoms with E-state index in [1.807, 2.05) is 55.4 Å². The molecule has 0 saturated heterocycles. The highest BCUT2D eigenvalue weighted by atomic mass is 79.9. The highest BCUT2D eigenvalue weighted by Gasteiger charge is 2.30. The van der Waals surface area contributed by atoms with Crippen LogP contribution in [0.5, 0.6) is 0 Å². The van der Waals surface area contributed by atoms with Gasteiger partial charge in [0, 0.05) is 119 Å². The molecule has 7 N–H and O–H groups in total. The van der Waals surface area contributed by atoms with Gasteiger partial charge in [0.05, 0.1) is 103 Å². The van der Waals surface area contributed by atoms with Crippen molar-refractivity contribution in [1.29, 1.82) is 0 Å². The van der Waals surface area contributed by atoms with E-state index in [0.29, 0.717) is 100 Å². The number of H-pyrrole nitrogens is 1. The number of alkyl halides is 1. The fourth-order valence-electron chi connectivity index (χ4n) is 12.5. The lowest BCUT2D eigenvalue weighted by atomic mass is 10.0. The third kappa shape index (κ3) is 34.2. The zero-order chi connectivity index (χ0) is 103. The predicted molar refractivity (Wildman–Crippen MR) is 496 cm³/mol. The smallest absolute Gasteiger partial charge is 0.334 e. The quantitative estimate of drug-likeness (QED) is 0.0162. The number of nitrogens with zero attached hydrogens (tertiary/aromatic N) is 15. The maximum atomic E-state index is 14.2. The number of hydrogen-bond acceptors (Lipinski definition) is 30. The van der Waals surface area contributed by atoms with Crippen molar-refractivity contribution in [2.24, 2.45) is 27.7 Å². The Balaban J connectivity index is 0.000000335. The average Bonchev–Trinajstić information content (AvgIpc) is 1.65. The predicted octanol–water partition coefficient (Wildman–Crippen LogP) is 12.1. The fraction of sp³-hybridized carbons (Fsp3) is 0.409. The second-order valence-electron chi connectivity index (χ2n) is 33.6. The average molecular weight is 1950 g/mol. The van der Waals surface area contributed by atoms with Crippen LogP contribution in [-0.4, -0.2) is 135 Å². The number of ketones is 1. The van der Waals surface area contributed by atoms with Crippen LogP contribution in [0.15, 0.2) is 130 Å². The standard InChI is InChI=1S/C18H21FN4O4.C18H19FN4O3.C18H21FN4O.C12H16N2O5.C8H8N2O5.C6H11BrO2.C6H6N2O3.C2H4O2/c1-10(2)6-15-17(20)13(14(19)8-21-15)7-12(24)9-22-11(3)4-5-16(18(22)25)23(26)27;1-10(2)6-15-17-13(14(19)8-20-15)7-12(21-17)9-22-11(3)4-5-16(18(22)24)23(25)26;1-10(2)6-16-17-13(14(19)8-21-16)7-12(22-17)9-23-11(3)4-5-15(20)18(23)24;1-8-5-6-9(14(17)18)11(16)13(8)7-10(15)19-12(2,3)4;1-5-2-3-6(10(14)15)8(13)9(5)4-7(11)12;1-6(2,3)9-5(8)4-7;1-4-2-3-5(8(10)11)6(9)7-4;1-2(3)4/h4-5,8,10H,6-7,9,20H2,1-3H3;4-5,8,10H,6-7,9H2,1-3H3;4-5,8,10H,6-7,9,20H2,1-3H3;5-6H,7H2,1-4H3;2-3H,4H2,1H3,(H,11,12);4H2,1-3H3;2-3H,1H3,(H,7,9);1H3,(H,3,4). The first-order chi connectivity index (χ1) is 62.6. The summed E-state index contributed by atoms with van der Waals surface area (Å²) in [6.07, 6.45) is 5.80. The highest BCUT2D eigenvalue weighted by Crippen LogP contribution is 2.35. The number of ether oxygens (including phenoxy) is 2. The highest BCUT2D eigenvalue weighted by molar-refractivity contribution is 9.09. The molecule has 0 fully saturated rings. The van der Waals surface area contributed by atoms with Gasteiger partial charge in [0.2, 0.25) is 0 Å². The van der Waals surface area contributed by atoms with Crippen molar-refractivity contribution >= 4 is 108 Å². The molecule has 11 rings (SSSR count). The first-order valence-electron chi connectivity index (χ1n) is 41.1. The van der Waals surface area contributed by atoms with Gasteiger partial charge < -0.3 is 45.3 Å². The zero-order valence-corrected chi connectivity index (χ0v) is 79.1. The van der Waals surface area contributed by atoms with Crippen molar-refractivity contribution in [2.75, 3.05) is 16.8 Å². The number of hydrogen-bond donors (Lipinski definition) is 5. The van der Waals surface area contributed by atoms with E-state index in [0.717, 1.165) is 74.2 Å². The third-order valence-electron chi connectivity index (χ3n) is 18.6. The lowest BCUT2D eigenvalue weighted by Crippen LogP contribution is -2.32. The van der Waals surface area contributed by atoms with Crippen molar-refractivity contribution < 1.29 is 81.4 Å². The Morgan fingerprint density at radius 3 is 1.14 bits per heavy atom. The molecule has 9 aromatic heterocycles. The van der Waals surface area contributed by atoms with E-state index >= 15 is 0 Å². The van der Waals surface area contributed by atoms with E-state index in [9.17, 15) is 112 Å². The lowest BCUT2D eigenvalue weighted by molar-refractivity contribution is -0.386. The second-order valence-corrected chi connectivity index (χ2v) is 34.2. The van der Waals surface area contributed by atoms with E-state index in [1.54, 1.807) is 65.2 Å². The molecule has 0 unspecified atom stereocenters. The number of nitrogen functional groups attached to an aromatic ring is 2. The van der Waals surface area contributed by atoms with E-state index in [4.69, 9.17) is 35.9 Å². The Morgan fingerprint density at radius 1 is 0.474 bits per heavy atom. The number of aromatic amines is 1. The molecule has 726 valence electrons. The van der Waals surface area contributed by atoms with Gasteiger partial charge in [-0.25, -0.2) is 13.2 Å². The van der Waals surface area contributed by atoms with Crippen LogP contribution in [-0.2, 0) is 105 Å². The monoisotopic (exact) mass is 1950 g/mol. The number of pyridine rings is 9. The van der Waals surface area contributed by atoms with Gasteiger partial charge in [-0.3, -0.25) is 142 Å². The topological polar surface area (TPSA) is 618 Å². The van der Waals surface area contributed by atoms with Gasteiger partial charge in [0.25, 0.3) is 11.5 Å². The van der Waals surface area contributed by atoms with Gasteiger partial charge in [-0.05, 0) is 163 Å². The van der Waals surface area contributed by atoms with Gasteiger partial charge in [0.15, 0.2) is 5.78 Å². The lowest BCUT2D eigenvalue weighted by Gasteiger charge is -2.20. The fourth-order valence-corrected chi connectivity index (χ4v) is 12.6. The van der Waals surface area contributed by atoms with Gasteiger partial charge in [-0.1, -0.05) is 57.5 Å². The molecule has 135 heavy (non-hydrogen) atoms. The van der Waals surface area contributed by atoms with E-state index in [2.05, 4.69) is 59.7 Å². The molecule has 0 aromatic carbocycles. The number of nitrogens with two attached hydrogens (primary N) is 2. The SMILES string of the molecule is CC(=O)O.CC(C)(C)OC(=O)CBr.Cc1ccc(N)c(=O)n1CC1=Nc2c(CC(C)C)ncc(F)c2C1.Cc1ccc([N+](=O)[O-])c(=O)[nH]1.Cc1ccc([N+](=O)[O-])c(=O)n1CC(=O)Cc1c(F)cnc(CC(C)C)c1N.Cc1ccc([N+](=O)[O-])c(=O)n1CC(=O)O.Cc1ccc([N+](=O)[O-])c(=O)n1CC(=O)OC(C)(C)C.Cc1ccc([N+](=O)[O-])c(=O)n1CC1=Nc2c(CC(C)C)ncc(F)c2C1. The molecular formula is C88H106BrF3N18O25. The largest absolute Gasteiger partial charge is 0.481 e. The van der Waals surface area contributed by atoms with Crippen LogP contribution in [0.25, 0.3) is 0 Å². The number of Topliss-reactive ketones (excluding diaryl/α,β-unsaturated/α-hetero) is 1. The number of nitro groups is 5. The van der Waals surface area contributed by atoms with E-state index in [1.165, 1.54) is 66.3 Å². The van der Waals surface area contributed by atoms with Crippen LogP contribution in [0.2, 0.25) is 0 Å². The maximum Gasteiger partial charge on any atom is 0.334 e. The number of carbonyl (C=O) groups is 5. The number of rotatable bonds is 24. The molecule has 11 heterocycles. The summed E-state index contributed by atoms with van der Waals surface area (Å²) in [7, 11) is 0. The minimum absolute atomic E-state index is 0.0294. The summed E-state index contributed by atoms with van der Waals surface area (Å²) in [4.78, 5) is 198. The molecule has 9 aromatic rings. The van der Waals surface area contributed by atoms with Gasteiger partial charge in [-0.15, -0.1) is 0 Å². The Labute approximate surface area is 776 Å². The van der Waals surface area contributed by atoms with Gasteiger partial charge >= 0.3 is 74.1 Å². The zero-order valence-electron chi connectivity index (χ0n) is 77.5. The van der Waals surface area contributed by atoms with Crippen LogP contribution >= 0.6 is 15.9 Å². The first-order valence-corrected chi connectivity index (χ1v) is 42.2. The Morgan fingerprint density at radius 2 is 0.793 bits per heavy atom. The van der Waals surface area contributed by atoms with Gasteiger partial charge in [-0.2, -0.15) is 0 Å². The Kier molecular flexibility index (Phi) is 41.5. The number of nitrogens with one attached hydrogen (secondary N) is 1. The number of esters is 2. The van der Waals surface area contributed by atoms with E-state index < -0.39 is 135 Å². The Bertz CT molecular complexity index is 6440. The molecule has 0 radical (unpaired) electrons. The van der Waals surface area contributed by atoms with Crippen molar-refractivity contribution in [3.63, 3.8) is 0 Å². The molecule has 0 aliphatic carbocycles. The summed E-state index contributed by atoms with van der Waals surface area (Å²) in [6, 6.07) is 16.2. The van der Waals surface area contributed by atoms with E-state index in [-0.39, 0.29) is 77.1 Å². The number of halogens is 4. The summed E-state index contributed by atoms with van der Waals surface area (Å²) in [5.41, 5.74) is 13.0. The molecule has 2 aliphatic rings. The first kappa shape index (κ1) is 112. The minimum Gasteiger partial charge on any atom is -0.481 e. The van der Waals surface area contributed by atoms with Crippen LogP contribution in [0.1, 0.15) is 158 Å². The van der Waals surface area contributed by atoms with Crippen LogP contribution in [0.3, 0.4) is 0 Å². The minimum atomic E-state index is -1.22. The normalized spacial score (nSPS) is 11.5. The number of aliphatic imine (C=N–C) groups is 2. The number of carbonyl (C=O) groups excluding carboxylic acids is 3. The molecule has 0 spiro atoms. The third-order valence-corrected chi connectivity index (χ3v) is 19.0. The number of carboxylic acid groups (broad SMARTS) is 2. The van der Waals surface area contributed by atoms with Crippen LogP contribution in [0, 0.1) is 127 Å².